The Bertz CT molecular complexity index is 552. The molecule has 0 saturated heterocycles. The first kappa shape index (κ1) is 13.8. The molecule has 0 saturated carbocycles. The molecular weight excluding hydrogens is 238 g/mol. The van der Waals surface area contributed by atoms with Gasteiger partial charge in [0.15, 0.2) is 0 Å². The fourth-order valence-electron chi connectivity index (χ4n) is 2.38. The summed E-state index contributed by atoms with van der Waals surface area (Å²) in [5.74, 6) is 0. The lowest BCUT2D eigenvalue weighted by Crippen LogP contribution is -2.19. The molecule has 0 aliphatic heterocycles. The van der Waals surface area contributed by atoms with E-state index in [2.05, 4.69) is 36.2 Å². The first-order valence-corrected chi connectivity index (χ1v) is 6.86. The third kappa shape index (κ3) is 2.87. The van der Waals surface area contributed by atoms with Gasteiger partial charge in [-0.25, -0.2) is 0 Å². The Kier molecular flexibility index (Phi) is 4.04. The molecule has 0 bridgehead atoms. The van der Waals surface area contributed by atoms with Crippen molar-refractivity contribution in [2.24, 2.45) is 12.8 Å². The van der Waals surface area contributed by atoms with Crippen LogP contribution in [0.3, 0.4) is 0 Å². The smallest absolute Gasteiger partial charge is 0.0624 e. The number of aromatic nitrogens is 4. The second kappa shape index (κ2) is 5.57. The first-order valence-electron chi connectivity index (χ1n) is 6.86. The van der Waals surface area contributed by atoms with Crippen LogP contribution in [0.15, 0.2) is 12.1 Å². The predicted octanol–water partition coefficient (Wildman–Crippen LogP) is 1.75. The number of hydrogen-bond donors (Lipinski definition) is 1. The van der Waals surface area contributed by atoms with Gasteiger partial charge in [0.2, 0.25) is 0 Å². The normalized spacial score (nSPS) is 12.9. The largest absolute Gasteiger partial charge is 0.322 e. The van der Waals surface area contributed by atoms with Crippen LogP contribution in [-0.4, -0.2) is 19.6 Å². The first-order chi connectivity index (χ1) is 9.05. The summed E-state index contributed by atoms with van der Waals surface area (Å²) in [7, 11) is 1.98. The lowest BCUT2D eigenvalue weighted by Gasteiger charge is -2.13. The summed E-state index contributed by atoms with van der Waals surface area (Å²) in [6, 6.07) is 4.17. The third-order valence-corrected chi connectivity index (χ3v) is 3.43. The number of nitrogens with two attached hydrogens (primary N) is 1. The number of aryl methyl sites for hydroxylation is 4. The molecule has 0 aliphatic carbocycles. The summed E-state index contributed by atoms with van der Waals surface area (Å²) in [6.07, 6.45) is 1.74. The van der Waals surface area contributed by atoms with E-state index in [9.17, 15) is 0 Å². The minimum absolute atomic E-state index is 0.0405. The van der Waals surface area contributed by atoms with Crippen LogP contribution in [-0.2, 0) is 26.4 Å². The van der Waals surface area contributed by atoms with Gasteiger partial charge in [-0.05, 0) is 32.4 Å². The summed E-state index contributed by atoms with van der Waals surface area (Å²) in [6.45, 7) is 7.05. The minimum Gasteiger partial charge on any atom is -0.322 e. The fourth-order valence-corrected chi connectivity index (χ4v) is 2.38. The second-order valence-corrected chi connectivity index (χ2v) is 4.94. The zero-order chi connectivity index (χ0) is 14.0. The highest BCUT2D eigenvalue weighted by Gasteiger charge is 2.15. The van der Waals surface area contributed by atoms with Crippen molar-refractivity contribution in [2.45, 2.75) is 46.2 Å². The van der Waals surface area contributed by atoms with Gasteiger partial charge in [0.25, 0.3) is 0 Å². The van der Waals surface area contributed by atoms with Crippen LogP contribution in [0.2, 0.25) is 0 Å². The Hall–Kier alpha value is -1.62. The van der Waals surface area contributed by atoms with E-state index in [1.54, 1.807) is 0 Å². The highest BCUT2D eigenvalue weighted by Crippen LogP contribution is 2.18. The highest BCUT2D eigenvalue weighted by molar-refractivity contribution is 5.18. The van der Waals surface area contributed by atoms with Gasteiger partial charge in [0, 0.05) is 25.7 Å². The Balaban J connectivity index is 2.19. The fraction of sp³-hybridized carbons (Fsp3) is 0.571. The molecule has 1 atom stereocenters. The molecular formula is C14H23N5. The monoisotopic (exact) mass is 261 g/mol. The van der Waals surface area contributed by atoms with E-state index in [1.165, 1.54) is 5.69 Å². The third-order valence-electron chi connectivity index (χ3n) is 3.43. The SMILES string of the molecule is CCc1cc(CC(N)c2cc(C)nn2CC)n(C)n1. The summed E-state index contributed by atoms with van der Waals surface area (Å²) in [5, 5.41) is 8.91. The van der Waals surface area contributed by atoms with E-state index in [1.807, 2.05) is 23.3 Å². The maximum atomic E-state index is 6.33. The lowest BCUT2D eigenvalue weighted by atomic mass is 10.1. The molecule has 19 heavy (non-hydrogen) atoms. The van der Waals surface area contributed by atoms with E-state index in [0.29, 0.717) is 0 Å². The predicted molar refractivity (Wildman–Crippen MR) is 75.9 cm³/mol. The van der Waals surface area contributed by atoms with Crippen LogP contribution in [0, 0.1) is 6.92 Å². The molecule has 0 aliphatic rings. The summed E-state index contributed by atoms with van der Waals surface area (Å²) < 4.78 is 3.91. The molecule has 2 N–H and O–H groups in total. The molecule has 104 valence electrons. The molecule has 1 unspecified atom stereocenters. The molecule has 0 fully saturated rings. The zero-order valence-corrected chi connectivity index (χ0v) is 12.2. The zero-order valence-electron chi connectivity index (χ0n) is 12.2. The maximum Gasteiger partial charge on any atom is 0.0624 e. The van der Waals surface area contributed by atoms with Crippen LogP contribution in [0.5, 0.6) is 0 Å². The van der Waals surface area contributed by atoms with Crippen molar-refractivity contribution in [3.63, 3.8) is 0 Å². The van der Waals surface area contributed by atoms with Gasteiger partial charge in [-0.1, -0.05) is 6.92 Å². The molecule has 2 rings (SSSR count). The molecule has 5 heteroatoms. The van der Waals surface area contributed by atoms with Gasteiger partial charge >= 0.3 is 0 Å². The maximum absolute atomic E-state index is 6.33. The van der Waals surface area contributed by atoms with Gasteiger partial charge in [-0.3, -0.25) is 9.36 Å². The number of hydrogen-bond acceptors (Lipinski definition) is 3. The van der Waals surface area contributed by atoms with Crippen molar-refractivity contribution in [3.8, 4) is 0 Å². The second-order valence-electron chi connectivity index (χ2n) is 4.94. The van der Waals surface area contributed by atoms with E-state index < -0.39 is 0 Å². The van der Waals surface area contributed by atoms with Crippen molar-refractivity contribution in [1.29, 1.82) is 0 Å². The quantitative estimate of drug-likeness (QED) is 0.892. The average Bonchev–Trinajstić information content (AvgIpc) is 2.93. The van der Waals surface area contributed by atoms with Crippen molar-refractivity contribution in [2.75, 3.05) is 0 Å². The van der Waals surface area contributed by atoms with E-state index in [4.69, 9.17) is 5.73 Å². The minimum atomic E-state index is -0.0405. The van der Waals surface area contributed by atoms with Gasteiger partial charge in [0.05, 0.1) is 23.1 Å². The van der Waals surface area contributed by atoms with Gasteiger partial charge in [-0.15, -0.1) is 0 Å². The van der Waals surface area contributed by atoms with Crippen LogP contribution < -0.4 is 5.73 Å². The summed E-state index contributed by atoms with van der Waals surface area (Å²) >= 11 is 0. The molecule has 2 aromatic rings. The van der Waals surface area contributed by atoms with Crippen molar-refractivity contribution in [3.05, 3.63) is 34.9 Å². The van der Waals surface area contributed by atoms with E-state index >= 15 is 0 Å². The molecule has 0 spiro atoms. The van der Waals surface area contributed by atoms with Crippen LogP contribution in [0.1, 0.15) is 42.7 Å². The number of rotatable bonds is 5. The summed E-state index contributed by atoms with van der Waals surface area (Å²) in [4.78, 5) is 0. The van der Waals surface area contributed by atoms with Gasteiger partial charge in [-0.2, -0.15) is 10.2 Å². The lowest BCUT2D eigenvalue weighted by molar-refractivity contribution is 0.553. The van der Waals surface area contributed by atoms with E-state index in [-0.39, 0.29) is 6.04 Å². The Morgan fingerprint density at radius 1 is 1.26 bits per heavy atom. The van der Waals surface area contributed by atoms with Crippen LogP contribution in [0.25, 0.3) is 0 Å². The van der Waals surface area contributed by atoms with Crippen molar-refractivity contribution >= 4 is 0 Å². The standard InChI is InChI=1S/C14H23N5/c1-5-11-8-12(18(4)17-11)9-13(15)14-7-10(3)16-19(14)6-2/h7-8,13H,5-6,9,15H2,1-4H3. The molecule has 2 heterocycles. The Morgan fingerprint density at radius 3 is 2.58 bits per heavy atom. The van der Waals surface area contributed by atoms with Crippen molar-refractivity contribution in [1.82, 2.24) is 19.6 Å². The topological polar surface area (TPSA) is 61.7 Å². The molecule has 0 radical (unpaired) electrons. The van der Waals surface area contributed by atoms with Gasteiger partial charge in [0.1, 0.15) is 0 Å². The van der Waals surface area contributed by atoms with Gasteiger partial charge < -0.3 is 5.73 Å². The highest BCUT2D eigenvalue weighted by atomic mass is 15.3. The Labute approximate surface area is 114 Å². The molecule has 5 nitrogen and oxygen atoms in total. The number of nitrogens with zero attached hydrogens (tertiary/aromatic N) is 4. The Morgan fingerprint density at radius 2 is 2.00 bits per heavy atom. The van der Waals surface area contributed by atoms with Crippen molar-refractivity contribution < 1.29 is 0 Å². The summed E-state index contributed by atoms with van der Waals surface area (Å²) in [5.41, 5.74) is 10.7. The molecule has 2 aromatic heterocycles. The molecule has 0 aromatic carbocycles. The van der Waals surface area contributed by atoms with Crippen LogP contribution in [0.4, 0.5) is 0 Å². The average molecular weight is 261 g/mol. The molecule has 0 amide bonds. The van der Waals surface area contributed by atoms with Crippen LogP contribution >= 0.6 is 0 Å². The van der Waals surface area contributed by atoms with E-state index in [0.717, 1.165) is 36.5 Å².